The van der Waals surface area contributed by atoms with Crippen molar-refractivity contribution in [3.05, 3.63) is 109 Å². The second-order valence-corrected chi connectivity index (χ2v) is 9.00. The molecule has 6 heteroatoms. The number of fused-ring (bicyclic) bond motifs is 2. The van der Waals surface area contributed by atoms with E-state index in [0.29, 0.717) is 34.7 Å². The third-order valence-electron chi connectivity index (χ3n) is 6.23. The standard InChI is InChI=1S/C28H24ClNO4/c1-4-33-20-11-9-19(10-12-20)25-24-26(31)21-14-22(29)17(3)13-23(21)34-27(24)28(32)30(25)15-18-7-5-16(2)6-8-18/h5-14,25H,4,15H2,1-3H3. The zero-order valence-corrected chi connectivity index (χ0v) is 20.0. The molecule has 0 saturated heterocycles. The summed E-state index contributed by atoms with van der Waals surface area (Å²) >= 11 is 6.32. The number of carbonyl (C=O) groups is 1. The SMILES string of the molecule is CCOc1ccc(C2c3c(oc4cc(C)c(Cl)cc4c3=O)C(=O)N2Cc2ccc(C)cc2)cc1. The average molecular weight is 474 g/mol. The van der Waals surface area contributed by atoms with Gasteiger partial charge >= 0.3 is 0 Å². The number of aryl methyl sites for hydroxylation is 2. The third kappa shape index (κ3) is 3.76. The van der Waals surface area contributed by atoms with Gasteiger partial charge in [0.15, 0.2) is 5.43 Å². The predicted octanol–water partition coefficient (Wildman–Crippen LogP) is 6.21. The van der Waals surface area contributed by atoms with Crippen molar-refractivity contribution < 1.29 is 13.9 Å². The molecule has 0 N–H and O–H groups in total. The van der Waals surface area contributed by atoms with Crippen LogP contribution in [0.25, 0.3) is 11.0 Å². The molecular formula is C28H24ClNO4. The molecule has 0 saturated carbocycles. The van der Waals surface area contributed by atoms with E-state index in [9.17, 15) is 9.59 Å². The largest absolute Gasteiger partial charge is 0.494 e. The first-order chi connectivity index (χ1) is 16.4. The van der Waals surface area contributed by atoms with Crippen molar-refractivity contribution in [2.75, 3.05) is 6.61 Å². The monoisotopic (exact) mass is 473 g/mol. The molecule has 1 aromatic heterocycles. The number of amides is 1. The minimum Gasteiger partial charge on any atom is -0.494 e. The van der Waals surface area contributed by atoms with Gasteiger partial charge in [-0.25, -0.2) is 0 Å². The highest BCUT2D eigenvalue weighted by molar-refractivity contribution is 6.32. The Hall–Kier alpha value is -3.57. The maximum atomic E-state index is 13.7. The van der Waals surface area contributed by atoms with Gasteiger partial charge in [-0.3, -0.25) is 9.59 Å². The minimum absolute atomic E-state index is 0.0882. The zero-order chi connectivity index (χ0) is 24.0. The van der Waals surface area contributed by atoms with Crippen LogP contribution in [0.2, 0.25) is 5.02 Å². The van der Waals surface area contributed by atoms with Crippen LogP contribution in [0.3, 0.4) is 0 Å². The maximum Gasteiger partial charge on any atom is 0.291 e. The number of halogens is 1. The molecule has 1 aliphatic rings. The first-order valence-corrected chi connectivity index (χ1v) is 11.6. The topological polar surface area (TPSA) is 59.8 Å². The average Bonchev–Trinajstić information content (AvgIpc) is 3.09. The molecule has 0 aliphatic carbocycles. The normalized spacial score (nSPS) is 15.1. The first kappa shape index (κ1) is 22.2. The fourth-order valence-corrected chi connectivity index (χ4v) is 4.62. The Balaban J connectivity index is 1.69. The van der Waals surface area contributed by atoms with Gasteiger partial charge < -0.3 is 14.1 Å². The first-order valence-electron chi connectivity index (χ1n) is 11.2. The minimum atomic E-state index is -0.583. The molecule has 2 heterocycles. The van der Waals surface area contributed by atoms with E-state index in [1.165, 1.54) is 0 Å². The van der Waals surface area contributed by atoms with E-state index < -0.39 is 6.04 Å². The zero-order valence-electron chi connectivity index (χ0n) is 19.2. The second kappa shape index (κ2) is 8.65. The van der Waals surface area contributed by atoms with Crippen molar-refractivity contribution in [1.29, 1.82) is 0 Å². The van der Waals surface area contributed by atoms with Gasteiger partial charge in [-0.1, -0.05) is 53.6 Å². The summed E-state index contributed by atoms with van der Waals surface area (Å²) in [7, 11) is 0. The number of rotatable bonds is 5. The molecule has 1 unspecified atom stereocenters. The van der Waals surface area contributed by atoms with Gasteiger partial charge in [-0.15, -0.1) is 0 Å². The fourth-order valence-electron chi connectivity index (χ4n) is 4.45. The molecule has 5 rings (SSSR count). The van der Waals surface area contributed by atoms with E-state index in [-0.39, 0.29) is 17.1 Å². The second-order valence-electron chi connectivity index (χ2n) is 8.59. The molecule has 5 nitrogen and oxygen atoms in total. The molecule has 4 aromatic rings. The molecule has 34 heavy (non-hydrogen) atoms. The molecule has 0 bridgehead atoms. The van der Waals surface area contributed by atoms with E-state index in [2.05, 4.69) is 0 Å². The van der Waals surface area contributed by atoms with Crippen molar-refractivity contribution >= 4 is 28.5 Å². The van der Waals surface area contributed by atoms with Crippen molar-refractivity contribution in [2.24, 2.45) is 0 Å². The van der Waals surface area contributed by atoms with Crippen LogP contribution in [-0.4, -0.2) is 17.4 Å². The summed E-state index contributed by atoms with van der Waals surface area (Å²) in [6.45, 7) is 6.68. The highest BCUT2D eigenvalue weighted by Crippen LogP contribution is 2.40. The lowest BCUT2D eigenvalue weighted by Crippen LogP contribution is -2.29. The molecule has 3 aromatic carbocycles. The van der Waals surface area contributed by atoms with Crippen LogP contribution in [-0.2, 0) is 6.54 Å². The summed E-state index contributed by atoms with van der Waals surface area (Å²) in [5.74, 6) is 0.514. The molecule has 1 aliphatic heterocycles. The Morgan fingerprint density at radius 3 is 2.38 bits per heavy atom. The van der Waals surface area contributed by atoms with Gasteiger partial charge in [0.05, 0.1) is 23.6 Å². The molecule has 1 atom stereocenters. The van der Waals surface area contributed by atoms with Crippen LogP contribution in [0.1, 0.15) is 51.3 Å². The summed E-state index contributed by atoms with van der Waals surface area (Å²) in [4.78, 5) is 29.0. The van der Waals surface area contributed by atoms with Crippen LogP contribution in [0.4, 0.5) is 0 Å². The van der Waals surface area contributed by atoms with E-state index in [0.717, 1.165) is 28.0 Å². The Bertz CT molecular complexity index is 1460. The summed E-state index contributed by atoms with van der Waals surface area (Å²) in [6.07, 6.45) is 0. The molecular weight excluding hydrogens is 450 g/mol. The van der Waals surface area contributed by atoms with E-state index >= 15 is 0 Å². The van der Waals surface area contributed by atoms with Gasteiger partial charge in [0, 0.05) is 11.6 Å². The van der Waals surface area contributed by atoms with Gasteiger partial charge in [-0.2, -0.15) is 0 Å². The van der Waals surface area contributed by atoms with Crippen LogP contribution >= 0.6 is 11.6 Å². The Morgan fingerprint density at radius 1 is 1.00 bits per heavy atom. The highest BCUT2D eigenvalue weighted by Gasteiger charge is 2.42. The third-order valence-corrected chi connectivity index (χ3v) is 6.63. The van der Waals surface area contributed by atoms with E-state index in [4.69, 9.17) is 20.8 Å². The Morgan fingerprint density at radius 2 is 1.71 bits per heavy atom. The van der Waals surface area contributed by atoms with Crippen molar-refractivity contribution in [3.8, 4) is 5.75 Å². The van der Waals surface area contributed by atoms with E-state index in [1.54, 1.807) is 17.0 Å². The molecule has 1 amide bonds. The lowest BCUT2D eigenvalue weighted by molar-refractivity contribution is 0.0714. The van der Waals surface area contributed by atoms with Gasteiger partial charge in [0.2, 0.25) is 5.76 Å². The number of hydrogen-bond acceptors (Lipinski definition) is 4. The summed E-state index contributed by atoms with van der Waals surface area (Å²) in [5, 5.41) is 0.855. The number of hydrogen-bond donors (Lipinski definition) is 0. The van der Waals surface area contributed by atoms with Gasteiger partial charge in [0.25, 0.3) is 5.91 Å². The van der Waals surface area contributed by atoms with Crippen LogP contribution in [0.5, 0.6) is 5.75 Å². The molecule has 0 radical (unpaired) electrons. The quantitative estimate of drug-likeness (QED) is 0.346. The molecule has 172 valence electrons. The predicted molar refractivity (Wildman–Crippen MR) is 133 cm³/mol. The number of nitrogens with zero attached hydrogens (tertiary/aromatic N) is 1. The summed E-state index contributed by atoms with van der Waals surface area (Å²) in [5.41, 5.74) is 4.17. The van der Waals surface area contributed by atoms with Crippen molar-refractivity contribution in [3.63, 3.8) is 0 Å². The Kier molecular flexibility index (Phi) is 5.66. The molecule has 0 fully saturated rings. The van der Waals surface area contributed by atoms with Crippen LogP contribution in [0.15, 0.2) is 69.9 Å². The molecule has 0 spiro atoms. The smallest absolute Gasteiger partial charge is 0.291 e. The van der Waals surface area contributed by atoms with Crippen molar-refractivity contribution in [2.45, 2.75) is 33.4 Å². The van der Waals surface area contributed by atoms with Gasteiger partial charge in [0.1, 0.15) is 11.3 Å². The van der Waals surface area contributed by atoms with Crippen LogP contribution in [0, 0.1) is 13.8 Å². The van der Waals surface area contributed by atoms with Crippen molar-refractivity contribution in [1.82, 2.24) is 4.90 Å². The lowest BCUT2D eigenvalue weighted by Gasteiger charge is -2.25. The summed E-state index contributed by atoms with van der Waals surface area (Å²) < 4.78 is 11.6. The number of carbonyl (C=O) groups excluding carboxylic acids is 1. The van der Waals surface area contributed by atoms with Gasteiger partial charge in [-0.05, 0) is 61.7 Å². The lowest BCUT2D eigenvalue weighted by atomic mass is 9.98. The fraction of sp³-hybridized carbons (Fsp3) is 0.214. The summed E-state index contributed by atoms with van der Waals surface area (Å²) in [6, 6.07) is 18.3. The Labute approximate surface area is 202 Å². The number of benzene rings is 3. The van der Waals surface area contributed by atoms with E-state index in [1.807, 2.05) is 69.3 Å². The van der Waals surface area contributed by atoms with Crippen LogP contribution < -0.4 is 10.2 Å². The number of ether oxygens (including phenoxy) is 1. The maximum absolute atomic E-state index is 13.7. The highest BCUT2D eigenvalue weighted by atomic mass is 35.5.